The highest BCUT2D eigenvalue weighted by molar-refractivity contribution is 5.94. The summed E-state index contributed by atoms with van der Waals surface area (Å²) in [5.41, 5.74) is -1.53. The van der Waals surface area contributed by atoms with Gasteiger partial charge in [-0.15, -0.1) is 0 Å². The first-order valence-electron chi connectivity index (χ1n) is 15.5. The van der Waals surface area contributed by atoms with Crippen LogP contribution in [0.4, 0.5) is 4.39 Å². The minimum atomic E-state index is -1.89. The van der Waals surface area contributed by atoms with Gasteiger partial charge < -0.3 is 19.3 Å². The van der Waals surface area contributed by atoms with Crippen molar-refractivity contribution in [3.63, 3.8) is 0 Å². The van der Waals surface area contributed by atoms with Crippen LogP contribution in [0.15, 0.2) is 60.7 Å². The Balaban J connectivity index is 0.000000246. The highest BCUT2D eigenvalue weighted by Crippen LogP contribution is 2.40. The van der Waals surface area contributed by atoms with Gasteiger partial charge in [-0.3, -0.25) is 19.2 Å². The van der Waals surface area contributed by atoms with Crippen molar-refractivity contribution in [3.05, 3.63) is 71.8 Å². The first-order valence-corrected chi connectivity index (χ1v) is 15.5. The van der Waals surface area contributed by atoms with Crippen LogP contribution in [0.2, 0.25) is 0 Å². The maximum atomic E-state index is 14.6. The van der Waals surface area contributed by atoms with Gasteiger partial charge >= 0.3 is 11.9 Å². The minimum Gasteiger partial charge on any atom is -0.459 e. The summed E-state index contributed by atoms with van der Waals surface area (Å²) in [7, 11) is 0. The molecule has 246 valence electrons. The molecule has 0 bridgehead atoms. The van der Waals surface area contributed by atoms with Crippen molar-refractivity contribution in [2.75, 3.05) is 13.1 Å². The number of benzene rings is 2. The van der Waals surface area contributed by atoms with Gasteiger partial charge in [0.25, 0.3) is 5.91 Å². The Morgan fingerprint density at radius 2 is 1.18 bits per heavy atom. The van der Waals surface area contributed by atoms with E-state index in [0.29, 0.717) is 6.54 Å². The molecule has 2 aromatic rings. The number of ether oxygens (including phenoxy) is 2. The van der Waals surface area contributed by atoms with Gasteiger partial charge in [-0.05, 0) is 80.4 Å². The maximum Gasteiger partial charge on any atom is 0.317 e. The minimum absolute atomic E-state index is 0.00436. The lowest BCUT2D eigenvalue weighted by Gasteiger charge is -2.29. The molecule has 8 nitrogen and oxygen atoms in total. The van der Waals surface area contributed by atoms with Gasteiger partial charge in [-0.25, -0.2) is 4.39 Å². The molecule has 1 unspecified atom stereocenters. The molecule has 5 atom stereocenters. The normalized spacial score (nSPS) is 24.9. The second kappa shape index (κ2) is 13.3. The summed E-state index contributed by atoms with van der Waals surface area (Å²) >= 11 is 0. The highest BCUT2D eigenvalue weighted by Gasteiger charge is 2.57. The van der Waals surface area contributed by atoms with Crippen molar-refractivity contribution < 1.29 is 33.0 Å². The van der Waals surface area contributed by atoms with Crippen LogP contribution in [-0.4, -0.2) is 64.0 Å². The topological polar surface area (TPSA) is 93.2 Å². The number of likely N-dealkylation sites (tertiary alicyclic amines) is 2. The number of carbonyl (C=O) groups excluding carboxylic acids is 4. The van der Waals surface area contributed by atoms with E-state index in [1.165, 1.54) is 11.8 Å². The molecular formula is C36H49FN2O6. The number of hydrogen-bond donors (Lipinski definition) is 0. The molecule has 2 aliphatic heterocycles. The molecule has 4 rings (SSSR count). The molecule has 2 amide bonds. The van der Waals surface area contributed by atoms with Crippen LogP contribution >= 0.6 is 0 Å². The van der Waals surface area contributed by atoms with Gasteiger partial charge in [0, 0.05) is 19.5 Å². The van der Waals surface area contributed by atoms with E-state index in [-0.39, 0.29) is 36.9 Å². The van der Waals surface area contributed by atoms with Crippen LogP contribution in [0.3, 0.4) is 0 Å². The Kier molecular flexibility index (Phi) is 10.6. The lowest BCUT2D eigenvalue weighted by atomic mass is 9.87. The molecule has 2 aromatic carbocycles. The lowest BCUT2D eigenvalue weighted by Crippen LogP contribution is -2.42. The number of amides is 2. The van der Waals surface area contributed by atoms with E-state index in [0.717, 1.165) is 11.1 Å². The SMILES string of the molecule is C[C@H](c1ccccc1)N1C[C@@](C)(C(=O)OC(C)(C)C)C(F)C1=O.C[C@H](c1ccccc1)N1C[C@@](C)(C(=O)OC(C)(C)C)CC1=O. The van der Waals surface area contributed by atoms with E-state index < -0.39 is 40.1 Å². The summed E-state index contributed by atoms with van der Waals surface area (Å²) in [6, 6.07) is 18.9. The van der Waals surface area contributed by atoms with E-state index in [4.69, 9.17) is 9.47 Å². The standard InChI is InChI=1S/C18H24FNO3.C18H25NO3/c1-12(13-9-7-6-8-10-13)20-11-18(5,14(19)15(20)21)16(22)23-17(2,3)4;1-13(14-9-7-6-8-10-14)19-12-18(5,11-15(19)20)16(21)22-17(2,3)4/h6-10,12,14H,11H2,1-5H3;6-10,13H,11-12H2,1-5H3/t12-,14?,18-;13-,18+/m11/s1. The molecule has 0 N–H and O–H groups in total. The van der Waals surface area contributed by atoms with Gasteiger partial charge in [0.05, 0.1) is 17.5 Å². The van der Waals surface area contributed by atoms with Crippen LogP contribution in [0.25, 0.3) is 0 Å². The van der Waals surface area contributed by atoms with E-state index in [2.05, 4.69) is 0 Å². The third-order valence-electron chi connectivity index (χ3n) is 8.19. The third kappa shape index (κ3) is 8.50. The summed E-state index contributed by atoms with van der Waals surface area (Å²) in [5.74, 6) is -1.62. The molecule has 45 heavy (non-hydrogen) atoms. The van der Waals surface area contributed by atoms with Gasteiger partial charge in [0.1, 0.15) is 16.6 Å². The molecule has 0 radical (unpaired) electrons. The van der Waals surface area contributed by atoms with Gasteiger partial charge in [-0.2, -0.15) is 0 Å². The number of hydrogen-bond acceptors (Lipinski definition) is 6. The molecule has 2 aliphatic rings. The largest absolute Gasteiger partial charge is 0.459 e. The fourth-order valence-corrected chi connectivity index (χ4v) is 5.49. The second-order valence-corrected chi connectivity index (χ2v) is 14.7. The van der Waals surface area contributed by atoms with E-state index >= 15 is 0 Å². The van der Waals surface area contributed by atoms with Crippen molar-refractivity contribution in [1.29, 1.82) is 0 Å². The van der Waals surface area contributed by atoms with Gasteiger partial charge in [0.15, 0.2) is 6.17 Å². The summed E-state index contributed by atoms with van der Waals surface area (Å²) in [6.07, 6.45) is -1.68. The van der Waals surface area contributed by atoms with Crippen LogP contribution < -0.4 is 0 Å². The van der Waals surface area contributed by atoms with Gasteiger partial charge in [0.2, 0.25) is 5.91 Å². The zero-order valence-electron chi connectivity index (χ0n) is 28.3. The van der Waals surface area contributed by atoms with E-state index in [9.17, 15) is 23.6 Å². The Labute approximate surface area is 267 Å². The van der Waals surface area contributed by atoms with Crippen molar-refractivity contribution in [2.24, 2.45) is 10.8 Å². The summed E-state index contributed by atoms with van der Waals surface area (Å²) < 4.78 is 25.4. The Hall–Kier alpha value is -3.75. The second-order valence-electron chi connectivity index (χ2n) is 14.7. The lowest BCUT2D eigenvalue weighted by molar-refractivity contribution is -0.169. The molecule has 2 heterocycles. The van der Waals surface area contributed by atoms with Crippen molar-refractivity contribution in [2.45, 2.75) is 105 Å². The molecule has 0 aromatic heterocycles. The zero-order chi connectivity index (χ0) is 34.0. The van der Waals surface area contributed by atoms with Crippen LogP contribution in [0.1, 0.15) is 98.9 Å². The number of nitrogens with zero attached hydrogens (tertiary/aromatic N) is 2. The highest BCUT2D eigenvalue weighted by atomic mass is 19.1. The monoisotopic (exact) mass is 624 g/mol. The number of carbonyl (C=O) groups is 4. The van der Waals surface area contributed by atoms with Crippen molar-refractivity contribution in [3.8, 4) is 0 Å². The third-order valence-corrected chi connectivity index (χ3v) is 8.19. The number of esters is 2. The van der Waals surface area contributed by atoms with Crippen LogP contribution in [0, 0.1) is 10.8 Å². The first kappa shape index (κ1) is 35.7. The Morgan fingerprint density at radius 1 is 0.756 bits per heavy atom. The van der Waals surface area contributed by atoms with Gasteiger partial charge in [-0.1, -0.05) is 60.7 Å². The fourth-order valence-electron chi connectivity index (χ4n) is 5.49. The molecule has 2 saturated heterocycles. The summed E-state index contributed by atoms with van der Waals surface area (Å²) in [5, 5.41) is 0. The molecule has 0 aliphatic carbocycles. The predicted molar refractivity (Wildman–Crippen MR) is 171 cm³/mol. The molecular weight excluding hydrogens is 575 g/mol. The van der Waals surface area contributed by atoms with Crippen molar-refractivity contribution in [1.82, 2.24) is 9.80 Å². The first-order chi connectivity index (χ1) is 20.7. The van der Waals surface area contributed by atoms with Crippen molar-refractivity contribution >= 4 is 23.8 Å². The Bertz CT molecular complexity index is 1370. The molecule has 2 fully saturated rings. The van der Waals surface area contributed by atoms with E-state index in [1.807, 2.05) is 102 Å². The molecule has 0 spiro atoms. The quantitative estimate of drug-likeness (QED) is 0.336. The van der Waals surface area contributed by atoms with E-state index in [1.54, 1.807) is 25.7 Å². The Morgan fingerprint density at radius 3 is 1.62 bits per heavy atom. The summed E-state index contributed by atoms with van der Waals surface area (Å²) in [4.78, 5) is 52.8. The predicted octanol–water partition coefficient (Wildman–Crippen LogP) is 6.60. The van der Waals surface area contributed by atoms with Crippen LogP contribution in [-0.2, 0) is 28.7 Å². The number of rotatable bonds is 6. The van der Waals surface area contributed by atoms with Crippen LogP contribution in [0.5, 0.6) is 0 Å². The average Bonchev–Trinajstić information content (AvgIpc) is 3.40. The smallest absolute Gasteiger partial charge is 0.317 e. The fraction of sp³-hybridized carbons (Fsp3) is 0.556. The number of halogens is 1. The average molecular weight is 625 g/mol. The maximum absolute atomic E-state index is 14.6. The molecule has 9 heteroatoms. The number of alkyl halides is 1. The zero-order valence-corrected chi connectivity index (χ0v) is 28.3. The molecule has 0 saturated carbocycles. The summed E-state index contributed by atoms with van der Waals surface area (Å²) in [6.45, 7) is 18.2.